The summed E-state index contributed by atoms with van der Waals surface area (Å²) in [6, 6.07) is 20.2. The SMILES string of the molecule is CNC(=O)Cc1nc(NCC(c2ccccc2)c2ccccc2)c2ncn([C@@H]3O[C@H](CO)[C@@H](O)[C@H]3O)c2n1. The fraction of sp³-hybridized carbons (Fsp3) is 0.333. The van der Waals surface area contributed by atoms with Gasteiger partial charge in [-0.3, -0.25) is 9.36 Å². The second kappa shape index (κ2) is 11.2. The van der Waals surface area contributed by atoms with Crippen molar-refractivity contribution in [2.45, 2.75) is 36.9 Å². The molecule has 1 amide bonds. The van der Waals surface area contributed by atoms with Gasteiger partial charge in [-0.15, -0.1) is 0 Å². The van der Waals surface area contributed by atoms with Crippen LogP contribution in [0.4, 0.5) is 5.82 Å². The predicted molar refractivity (Wildman–Crippen MR) is 139 cm³/mol. The molecule has 2 aromatic heterocycles. The standard InChI is InChI=1S/C27H30N6O5/c1-28-21(35)12-20-31-25(29-13-18(16-8-4-2-5-9-16)17-10-6-3-7-11-17)22-26(32-20)33(15-30-22)27-24(37)23(36)19(14-34)38-27/h2-11,15,18-19,23-24,27,34,36-37H,12-14H2,1H3,(H,28,35)(H,29,31,32)/t19-,23-,24-,27-/m1/s1. The van der Waals surface area contributed by atoms with Crippen LogP contribution in [-0.2, 0) is 16.0 Å². The summed E-state index contributed by atoms with van der Waals surface area (Å²) in [5, 5.41) is 36.3. The number of anilines is 1. The average molecular weight is 519 g/mol. The number of aliphatic hydroxyl groups excluding tert-OH is 3. The molecule has 1 aliphatic rings. The molecule has 11 heteroatoms. The van der Waals surface area contributed by atoms with Crippen LogP contribution < -0.4 is 10.6 Å². The Morgan fingerprint density at radius 2 is 1.68 bits per heavy atom. The third-order valence-corrected chi connectivity index (χ3v) is 6.73. The minimum atomic E-state index is -1.31. The van der Waals surface area contributed by atoms with Crippen molar-refractivity contribution >= 4 is 22.9 Å². The van der Waals surface area contributed by atoms with Crippen molar-refractivity contribution in [3.05, 3.63) is 83.9 Å². The maximum Gasteiger partial charge on any atom is 0.227 e. The highest BCUT2D eigenvalue weighted by Gasteiger charge is 2.44. The van der Waals surface area contributed by atoms with Crippen molar-refractivity contribution < 1.29 is 24.9 Å². The van der Waals surface area contributed by atoms with Crippen molar-refractivity contribution in [1.82, 2.24) is 24.8 Å². The van der Waals surface area contributed by atoms with E-state index in [9.17, 15) is 20.1 Å². The summed E-state index contributed by atoms with van der Waals surface area (Å²) in [5.74, 6) is 0.424. The summed E-state index contributed by atoms with van der Waals surface area (Å²) in [7, 11) is 1.54. The number of fused-ring (bicyclic) bond motifs is 1. The molecule has 0 saturated carbocycles. The number of amides is 1. The summed E-state index contributed by atoms with van der Waals surface area (Å²) in [6.07, 6.45) is -3.17. The Bertz CT molecular complexity index is 1340. The Labute approximate surface area is 219 Å². The molecule has 0 aliphatic carbocycles. The molecule has 0 unspecified atom stereocenters. The van der Waals surface area contributed by atoms with Crippen molar-refractivity contribution in [1.29, 1.82) is 0 Å². The Hall–Kier alpha value is -3.90. The average Bonchev–Trinajstić information content (AvgIpc) is 3.50. The van der Waals surface area contributed by atoms with Gasteiger partial charge in [0.1, 0.15) is 24.1 Å². The molecule has 198 valence electrons. The molecule has 4 aromatic rings. The van der Waals surface area contributed by atoms with E-state index < -0.39 is 31.1 Å². The van der Waals surface area contributed by atoms with Crippen LogP contribution in [-0.4, -0.2) is 79.3 Å². The van der Waals surface area contributed by atoms with Gasteiger partial charge in [0.05, 0.1) is 19.4 Å². The summed E-state index contributed by atoms with van der Waals surface area (Å²) < 4.78 is 7.19. The molecule has 3 heterocycles. The topological polar surface area (TPSA) is 155 Å². The lowest BCUT2D eigenvalue weighted by Crippen LogP contribution is -2.33. The van der Waals surface area contributed by atoms with Crippen molar-refractivity contribution in [3.63, 3.8) is 0 Å². The monoisotopic (exact) mass is 518 g/mol. The molecule has 4 atom stereocenters. The number of ether oxygens (including phenoxy) is 1. The van der Waals surface area contributed by atoms with E-state index in [0.717, 1.165) is 11.1 Å². The van der Waals surface area contributed by atoms with E-state index in [-0.39, 0.29) is 24.1 Å². The molecule has 1 fully saturated rings. The first kappa shape index (κ1) is 25.7. The number of hydrogen-bond donors (Lipinski definition) is 5. The summed E-state index contributed by atoms with van der Waals surface area (Å²) in [4.78, 5) is 25.8. The Balaban J connectivity index is 1.52. The number of aliphatic hydroxyl groups is 3. The lowest BCUT2D eigenvalue weighted by atomic mass is 9.91. The van der Waals surface area contributed by atoms with Gasteiger partial charge >= 0.3 is 0 Å². The first-order chi connectivity index (χ1) is 18.5. The van der Waals surface area contributed by atoms with Gasteiger partial charge in [-0.05, 0) is 11.1 Å². The molecule has 5 rings (SSSR count). The van der Waals surface area contributed by atoms with E-state index in [1.165, 1.54) is 17.9 Å². The number of rotatable bonds is 9. The number of imidazole rings is 1. The number of likely N-dealkylation sites (N-methyl/N-ethyl adjacent to an activating group) is 1. The second-order valence-corrected chi connectivity index (χ2v) is 9.15. The van der Waals surface area contributed by atoms with E-state index in [0.29, 0.717) is 23.5 Å². The number of aromatic nitrogens is 4. The maximum absolute atomic E-state index is 12.2. The molecular formula is C27H30N6O5. The maximum atomic E-state index is 12.2. The molecule has 38 heavy (non-hydrogen) atoms. The first-order valence-electron chi connectivity index (χ1n) is 12.4. The Morgan fingerprint density at radius 1 is 1.03 bits per heavy atom. The minimum absolute atomic E-state index is 0.00679. The van der Waals surface area contributed by atoms with E-state index in [1.807, 2.05) is 36.4 Å². The normalized spacial score (nSPS) is 21.2. The number of nitrogens with zero attached hydrogens (tertiary/aromatic N) is 4. The van der Waals surface area contributed by atoms with Crippen molar-refractivity contribution in [3.8, 4) is 0 Å². The van der Waals surface area contributed by atoms with Crippen molar-refractivity contribution in [2.24, 2.45) is 0 Å². The van der Waals surface area contributed by atoms with Crippen LogP contribution in [0.2, 0.25) is 0 Å². The highest BCUT2D eigenvalue weighted by atomic mass is 16.6. The van der Waals surface area contributed by atoms with Gasteiger partial charge in [0.2, 0.25) is 5.91 Å². The van der Waals surface area contributed by atoms with E-state index in [4.69, 9.17) is 4.74 Å². The van der Waals surface area contributed by atoms with Gasteiger partial charge in [0.15, 0.2) is 23.2 Å². The molecule has 0 bridgehead atoms. The number of carbonyl (C=O) groups excluding carboxylic acids is 1. The summed E-state index contributed by atoms with van der Waals surface area (Å²) in [5.41, 5.74) is 2.99. The van der Waals surface area contributed by atoms with Gasteiger partial charge in [0.25, 0.3) is 0 Å². The number of carbonyl (C=O) groups is 1. The van der Waals surface area contributed by atoms with Crippen molar-refractivity contribution in [2.75, 3.05) is 25.5 Å². The predicted octanol–water partition coefficient (Wildman–Crippen LogP) is 0.970. The van der Waals surface area contributed by atoms with Crippen LogP contribution in [0.1, 0.15) is 29.1 Å². The van der Waals surface area contributed by atoms with Gasteiger partial charge < -0.3 is 30.7 Å². The lowest BCUT2D eigenvalue weighted by Gasteiger charge is -2.20. The second-order valence-electron chi connectivity index (χ2n) is 9.15. The molecule has 11 nitrogen and oxygen atoms in total. The molecular weight excluding hydrogens is 488 g/mol. The fourth-order valence-corrected chi connectivity index (χ4v) is 4.69. The van der Waals surface area contributed by atoms with E-state index in [2.05, 4.69) is 49.9 Å². The zero-order valence-electron chi connectivity index (χ0n) is 20.8. The van der Waals surface area contributed by atoms with Crippen LogP contribution in [0.15, 0.2) is 67.0 Å². The number of hydrogen-bond acceptors (Lipinski definition) is 9. The first-order valence-corrected chi connectivity index (χ1v) is 12.4. The molecule has 2 aromatic carbocycles. The van der Waals surface area contributed by atoms with E-state index in [1.54, 1.807) is 0 Å². The van der Waals surface area contributed by atoms with Crippen LogP contribution in [0.3, 0.4) is 0 Å². The van der Waals surface area contributed by atoms with Gasteiger partial charge in [-0.2, -0.15) is 0 Å². The molecule has 5 N–H and O–H groups in total. The third kappa shape index (κ3) is 5.09. The van der Waals surface area contributed by atoms with Crippen LogP contribution >= 0.6 is 0 Å². The molecule has 0 radical (unpaired) electrons. The van der Waals surface area contributed by atoms with Crippen LogP contribution in [0.5, 0.6) is 0 Å². The van der Waals surface area contributed by atoms with Gasteiger partial charge in [0, 0.05) is 19.5 Å². The third-order valence-electron chi connectivity index (χ3n) is 6.73. The molecule has 1 saturated heterocycles. The Kier molecular flexibility index (Phi) is 7.61. The smallest absolute Gasteiger partial charge is 0.227 e. The number of nitrogens with one attached hydrogen (secondary N) is 2. The van der Waals surface area contributed by atoms with E-state index >= 15 is 0 Å². The number of benzene rings is 2. The largest absolute Gasteiger partial charge is 0.394 e. The van der Waals surface area contributed by atoms with Crippen LogP contribution in [0, 0.1) is 0 Å². The van der Waals surface area contributed by atoms with Crippen LogP contribution in [0.25, 0.3) is 11.2 Å². The molecule has 1 aliphatic heterocycles. The highest BCUT2D eigenvalue weighted by molar-refractivity contribution is 5.84. The Morgan fingerprint density at radius 3 is 2.26 bits per heavy atom. The highest BCUT2D eigenvalue weighted by Crippen LogP contribution is 2.33. The molecule has 0 spiro atoms. The fourth-order valence-electron chi connectivity index (χ4n) is 4.69. The summed E-state index contributed by atoms with van der Waals surface area (Å²) in [6.45, 7) is 0.0334. The zero-order chi connectivity index (χ0) is 26.6. The summed E-state index contributed by atoms with van der Waals surface area (Å²) >= 11 is 0. The zero-order valence-corrected chi connectivity index (χ0v) is 20.8. The van der Waals surface area contributed by atoms with Gasteiger partial charge in [-0.1, -0.05) is 60.7 Å². The quantitative estimate of drug-likeness (QED) is 0.218. The minimum Gasteiger partial charge on any atom is -0.394 e. The van der Waals surface area contributed by atoms with Gasteiger partial charge in [-0.25, -0.2) is 15.0 Å². The lowest BCUT2D eigenvalue weighted by molar-refractivity contribution is -0.120.